The van der Waals surface area contributed by atoms with Gasteiger partial charge in [0.1, 0.15) is 5.75 Å². The van der Waals surface area contributed by atoms with Crippen molar-refractivity contribution < 1.29 is 18.7 Å². The molecule has 0 radical (unpaired) electrons. The third-order valence-corrected chi connectivity index (χ3v) is 5.84. The van der Waals surface area contributed by atoms with Crippen molar-refractivity contribution >= 4 is 35.0 Å². The molecular weight excluding hydrogens is 428 g/mol. The lowest BCUT2D eigenvalue weighted by Gasteiger charge is -2.16. The molecule has 1 aromatic heterocycles. The van der Waals surface area contributed by atoms with Gasteiger partial charge >= 0.3 is 0 Å². The predicted octanol–water partition coefficient (Wildman–Crippen LogP) is 4.03. The lowest BCUT2D eigenvalue weighted by molar-refractivity contribution is -0.117. The van der Waals surface area contributed by atoms with Gasteiger partial charge in [0.15, 0.2) is 0 Å². The number of hydrogen-bond donors (Lipinski definition) is 1. The topological polar surface area (TPSA) is 97.6 Å². The highest BCUT2D eigenvalue weighted by molar-refractivity contribution is 7.99. The Balaban J connectivity index is 1.29. The Hall–Kier alpha value is -3.33. The molecule has 0 bridgehead atoms. The number of carbonyl (C=O) groups is 2. The number of anilines is 2. The monoisotopic (exact) mass is 452 g/mol. The molecule has 2 amide bonds. The van der Waals surface area contributed by atoms with E-state index >= 15 is 0 Å². The van der Waals surface area contributed by atoms with Gasteiger partial charge in [0.2, 0.25) is 17.7 Å². The van der Waals surface area contributed by atoms with Crippen LogP contribution in [0.3, 0.4) is 0 Å². The molecule has 1 N–H and O–H groups in total. The summed E-state index contributed by atoms with van der Waals surface area (Å²) in [6.45, 7) is 5.01. The Kier molecular flexibility index (Phi) is 6.75. The van der Waals surface area contributed by atoms with Crippen molar-refractivity contribution in [3.63, 3.8) is 0 Å². The van der Waals surface area contributed by atoms with E-state index in [2.05, 4.69) is 15.5 Å². The molecule has 9 heteroatoms. The average Bonchev–Trinajstić information content (AvgIpc) is 3.41. The second kappa shape index (κ2) is 9.86. The smallest absolute Gasteiger partial charge is 0.277 e. The SMILES string of the molecule is CCOc1ccc(NC(=O)CSc2nnc([C@H]3CC(=O)N(c4ccc(C)cc4)C3)o2)cc1. The van der Waals surface area contributed by atoms with Gasteiger partial charge in [-0.1, -0.05) is 29.5 Å². The van der Waals surface area contributed by atoms with Crippen molar-refractivity contribution in [3.05, 3.63) is 60.0 Å². The lowest BCUT2D eigenvalue weighted by atomic mass is 10.1. The third-order valence-electron chi connectivity index (χ3n) is 5.02. The van der Waals surface area contributed by atoms with E-state index in [-0.39, 0.29) is 23.5 Å². The predicted molar refractivity (Wildman–Crippen MR) is 122 cm³/mol. The maximum Gasteiger partial charge on any atom is 0.277 e. The van der Waals surface area contributed by atoms with Crippen molar-refractivity contribution in [1.82, 2.24) is 10.2 Å². The van der Waals surface area contributed by atoms with Crippen molar-refractivity contribution in [2.24, 2.45) is 0 Å². The van der Waals surface area contributed by atoms with Crippen LogP contribution in [-0.4, -0.2) is 40.9 Å². The molecular formula is C23H24N4O4S. The maximum atomic E-state index is 12.5. The van der Waals surface area contributed by atoms with E-state index in [0.29, 0.717) is 36.4 Å². The zero-order chi connectivity index (χ0) is 22.5. The molecule has 0 unspecified atom stereocenters. The van der Waals surface area contributed by atoms with Crippen LogP contribution in [0.4, 0.5) is 11.4 Å². The summed E-state index contributed by atoms with van der Waals surface area (Å²) in [4.78, 5) is 26.4. The Bertz CT molecular complexity index is 1080. The number of rotatable bonds is 8. The molecule has 3 aromatic rings. The molecule has 1 fully saturated rings. The van der Waals surface area contributed by atoms with E-state index in [1.54, 1.807) is 29.2 Å². The second-order valence-electron chi connectivity index (χ2n) is 7.44. The summed E-state index contributed by atoms with van der Waals surface area (Å²) in [6, 6.07) is 15.0. The first-order valence-electron chi connectivity index (χ1n) is 10.4. The summed E-state index contributed by atoms with van der Waals surface area (Å²) in [7, 11) is 0. The van der Waals surface area contributed by atoms with Crippen molar-refractivity contribution in [2.75, 3.05) is 29.1 Å². The molecule has 2 aromatic carbocycles. The second-order valence-corrected chi connectivity index (χ2v) is 8.37. The average molecular weight is 453 g/mol. The van der Waals surface area contributed by atoms with Crippen LogP contribution in [-0.2, 0) is 9.59 Å². The van der Waals surface area contributed by atoms with Crippen molar-refractivity contribution in [1.29, 1.82) is 0 Å². The highest BCUT2D eigenvalue weighted by Crippen LogP contribution is 2.32. The van der Waals surface area contributed by atoms with Gasteiger partial charge in [-0.15, -0.1) is 10.2 Å². The van der Waals surface area contributed by atoms with Gasteiger partial charge in [0.25, 0.3) is 5.22 Å². The number of thioether (sulfide) groups is 1. The minimum Gasteiger partial charge on any atom is -0.494 e. The van der Waals surface area contributed by atoms with Gasteiger partial charge < -0.3 is 19.4 Å². The van der Waals surface area contributed by atoms with Gasteiger partial charge in [-0.05, 0) is 50.2 Å². The van der Waals surface area contributed by atoms with Gasteiger partial charge in [-0.25, -0.2) is 0 Å². The third kappa shape index (κ3) is 5.28. The van der Waals surface area contributed by atoms with E-state index in [0.717, 1.165) is 28.8 Å². The minimum absolute atomic E-state index is 0.0287. The number of ether oxygens (including phenoxy) is 1. The van der Waals surface area contributed by atoms with Gasteiger partial charge in [-0.3, -0.25) is 9.59 Å². The normalized spacial score (nSPS) is 15.8. The fourth-order valence-corrected chi connectivity index (χ4v) is 3.99. The number of aromatic nitrogens is 2. The number of benzene rings is 2. The van der Waals surface area contributed by atoms with Crippen LogP contribution in [0.1, 0.15) is 30.7 Å². The molecule has 1 aliphatic rings. The first-order chi connectivity index (χ1) is 15.5. The van der Waals surface area contributed by atoms with E-state index in [4.69, 9.17) is 9.15 Å². The standard InChI is InChI=1S/C23H24N4O4S/c1-3-30-19-10-6-17(7-11-19)24-20(28)14-32-23-26-25-22(31-23)16-12-21(29)27(13-16)18-8-4-15(2)5-9-18/h4-11,16H,3,12-14H2,1-2H3,(H,24,28)/t16-/m0/s1. The number of hydrogen-bond acceptors (Lipinski definition) is 7. The van der Waals surface area contributed by atoms with E-state index in [1.165, 1.54) is 0 Å². The fraction of sp³-hybridized carbons (Fsp3) is 0.304. The van der Waals surface area contributed by atoms with Gasteiger partial charge in [-0.2, -0.15) is 0 Å². The van der Waals surface area contributed by atoms with Crippen LogP contribution < -0.4 is 15.0 Å². The lowest BCUT2D eigenvalue weighted by Crippen LogP contribution is -2.24. The largest absolute Gasteiger partial charge is 0.494 e. The van der Waals surface area contributed by atoms with Crippen LogP contribution in [0.15, 0.2) is 58.2 Å². The highest BCUT2D eigenvalue weighted by atomic mass is 32.2. The fourth-order valence-electron chi connectivity index (χ4n) is 3.42. The highest BCUT2D eigenvalue weighted by Gasteiger charge is 2.35. The Morgan fingerprint density at radius 2 is 1.94 bits per heavy atom. The molecule has 1 saturated heterocycles. The van der Waals surface area contributed by atoms with Gasteiger partial charge in [0.05, 0.1) is 18.3 Å². The number of nitrogens with one attached hydrogen (secondary N) is 1. The summed E-state index contributed by atoms with van der Waals surface area (Å²) in [6.07, 6.45) is 0.318. The summed E-state index contributed by atoms with van der Waals surface area (Å²) >= 11 is 1.16. The first-order valence-corrected chi connectivity index (χ1v) is 11.4. The maximum absolute atomic E-state index is 12.5. The van der Waals surface area contributed by atoms with E-state index in [1.807, 2.05) is 38.1 Å². The summed E-state index contributed by atoms with van der Waals surface area (Å²) in [5.41, 5.74) is 2.69. The molecule has 0 saturated carbocycles. The number of amides is 2. The summed E-state index contributed by atoms with van der Waals surface area (Å²) in [5.74, 6) is 0.991. The summed E-state index contributed by atoms with van der Waals surface area (Å²) < 4.78 is 11.1. The Morgan fingerprint density at radius 3 is 2.66 bits per heavy atom. The minimum atomic E-state index is -0.180. The van der Waals surface area contributed by atoms with Crippen LogP contribution in [0.2, 0.25) is 0 Å². The van der Waals surface area contributed by atoms with Crippen LogP contribution in [0.25, 0.3) is 0 Å². The summed E-state index contributed by atoms with van der Waals surface area (Å²) in [5, 5.41) is 11.3. The van der Waals surface area contributed by atoms with Crippen LogP contribution in [0, 0.1) is 6.92 Å². The molecule has 2 heterocycles. The molecule has 1 aliphatic heterocycles. The number of carbonyl (C=O) groups excluding carboxylic acids is 2. The number of aryl methyl sites for hydroxylation is 1. The molecule has 32 heavy (non-hydrogen) atoms. The quantitative estimate of drug-likeness (QED) is 0.515. The van der Waals surface area contributed by atoms with E-state index in [9.17, 15) is 9.59 Å². The van der Waals surface area contributed by atoms with E-state index < -0.39 is 0 Å². The Morgan fingerprint density at radius 1 is 1.19 bits per heavy atom. The Labute approximate surface area is 190 Å². The van der Waals surface area contributed by atoms with Crippen molar-refractivity contribution in [3.8, 4) is 5.75 Å². The molecule has 0 spiro atoms. The molecule has 8 nitrogen and oxygen atoms in total. The van der Waals surface area contributed by atoms with Crippen LogP contribution >= 0.6 is 11.8 Å². The molecule has 0 aliphatic carbocycles. The molecule has 1 atom stereocenters. The van der Waals surface area contributed by atoms with Gasteiger partial charge in [0, 0.05) is 24.3 Å². The number of nitrogens with zero attached hydrogens (tertiary/aromatic N) is 3. The zero-order valence-electron chi connectivity index (χ0n) is 17.9. The first kappa shape index (κ1) is 21.9. The van der Waals surface area contributed by atoms with Crippen molar-refractivity contribution in [2.45, 2.75) is 31.4 Å². The molecule has 4 rings (SSSR count). The van der Waals surface area contributed by atoms with Crippen LogP contribution in [0.5, 0.6) is 5.75 Å². The zero-order valence-corrected chi connectivity index (χ0v) is 18.7. The molecule has 166 valence electrons.